The number of nitrogens with one attached hydrogen (secondary N) is 1. The van der Waals surface area contributed by atoms with Crippen molar-refractivity contribution in [1.29, 1.82) is 0 Å². The fourth-order valence-electron chi connectivity index (χ4n) is 2.48. The molecule has 9 heteroatoms. The Hall–Kier alpha value is -2.94. The van der Waals surface area contributed by atoms with Crippen LogP contribution in [0.5, 0.6) is 0 Å². The Morgan fingerprint density at radius 2 is 1.93 bits per heavy atom. The second-order valence-corrected chi connectivity index (χ2v) is 5.98. The van der Waals surface area contributed by atoms with Gasteiger partial charge in [0.1, 0.15) is 5.82 Å². The number of carbonyl (C=O) groups excluding carboxylic acids is 1. The van der Waals surface area contributed by atoms with Crippen LogP contribution in [0.15, 0.2) is 53.7 Å². The van der Waals surface area contributed by atoms with Crippen molar-refractivity contribution in [2.24, 2.45) is 5.16 Å². The van der Waals surface area contributed by atoms with E-state index in [1.165, 1.54) is 24.3 Å². The van der Waals surface area contributed by atoms with Gasteiger partial charge in [-0.3, -0.25) is 4.79 Å². The molecule has 2 aromatic carbocycles. The van der Waals surface area contributed by atoms with E-state index in [1.54, 1.807) is 12.1 Å². The lowest BCUT2D eigenvalue weighted by atomic mass is 10.0. The first-order valence-corrected chi connectivity index (χ1v) is 7.85. The van der Waals surface area contributed by atoms with E-state index < -0.39 is 30.1 Å². The van der Waals surface area contributed by atoms with Gasteiger partial charge < -0.3 is 15.3 Å². The second kappa shape index (κ2) is 6.99. The van der Waals surface area contributed by atoms with Gasteiger partial charge in [-0.15, -0.1) is 0 Å². The Morgan fingerprint density at radius 1 is 1.22 bits per heavy atom. The highest BCUT2D eigenvalue weighted by molar-refractivity contribution is 6.01. The van der Waals surface area contributed by atoms with E-state index in [0.29, 0.717) is 11.1 Å². The molecule has 3 rings (SSSR count). The summed E-state index contributed by atoms with van der Waals surface area (Å²) < 4.78 is 51.2. The third-order valence-corrected chi connectivity index (χ3v) is 3.98. The molecule has 0 saturated carbocycles. The number of hydrogen-bond acceptors (Lipinski definition) is 4. The van der Waals surface area contributed by atoms with Crippen molar-refractivity contribution in [3.63, 3.8) is 0 Å². The van der Waals surface area contributed by atoms with Crippen LogP contribution in [0.3, 0.4) is 0 Å². The highest BCUT2D eigenvalue weighted by Gasteiger charge is 2.60. The topological polar surface area (TPSA) is 70.9 Å². The van der Waals surface area contributed by atoms with Crippen LogP contribution in [0.25, 0.3) is 0 Å². The molecule has 1 aliphatic rings. The summed E-state index contributed by atoms with van der Waals surface area (Å²) in [5.41, 5.74) is 1.16. The van der Waals surface area contributed by atoms with Gasteiger partial charge in [0.2, 0.25) is 0 Å². The molecule has 2 N–H and O–H groups in total. The Balaban J connectivity index is 1.66. The first-order valence-electron chi connectivity index (χ1n) is 7.85. The number of halogens is 4. The Bertz CT molecular complexity index is 881. The number of oxime groups is 1. The summed E-state index contributed by atoms with van der Waals surface area (Å²) in [7, 11) is 0. The molecule has 0 spiro atoms. The predicted molar refractivity (Wildman–Crippen MR) is 87.3 cm³/mol. The molecular weight excluding hydrogens is 368 g/mol. The number of nitrogens with zero attached hydrogens (tertiary/aromatic N) is 1. The molecule has 1 amide bonds. The highest BCUT2D eigenvalue weighted by atomic mass is 19.4. The monoisotopic (exact) mass is 382 g/mol. The quantitative estimate of drug-likeness (QED) is 0.799. The molecule has 0 saturated heterocycles. The van der Waals surface area contributed by atoms with Crippen molar-refractivity contribution in [3.8, 4) is 0 Å². The van der Waals surface area contributed by atoms with Crippen LogP contribution in [-0.4, -0.2) is 28.7 Å². The third-order valence-electron chi connectivity index (χ3n) is 3.98. The van der Waals surface area contributed by atoms with E-state index in [-0.39, 0.29) is 17.8 Å². The average molecular weight is 382 g/mol. The molecule has 5 nitrogen and oxygen atoms in total. The first-order chi connectivity index (χ1) is 12.7. The number of benzene rings is 2. The van der Waals surface area contributed by atoms with Crippen molar-refractivity contribution in [2.45, 2.75) is 24.9 Å². The van der Waals surface area contributed by atoms with E-state index in [0.717, 1.165) is 12.1 Å². The van der Waals surface area contributed by atoms with Gasteiger partial charge in [0.05, 0.1) is 12.1 Å². The van der Waals surface area contributed by atoms with Crippen LogP contribution in [-0.2, 0) is 11.4 Å². The van der Waals surface area contributed by atoms with Crippen LogP contribution in [0.1, 0.15) is 27.9 Å². The summed E-state index contributed by atoms with van der Waals surface area (Å²) in [6.07, 6.45) is -5.80. The van der Waals surface area contributed by atoms with Crippen molar-refractivity contribution in [1.82, 2.24) is 5.32 Å². The maximum atomic E-state index is 12.9. The SMILES string of the molecule is O=C(NCc1cccc(C2=NOC(O)(C(F)(F)F)C2)c1)c1ccc(F)cc1. The molecule has 0 aromatic heterocycles. The highest BCUT2D eigenvalue weighted by Crippen LogP contribution is 2.38. The normalized spacial score (nSPS) is 19.4. The number of hydrogen-bond donors (Lipinski definition) is 2. The zero-order valence-corrected chi connectivity index (χ0v) is 13.8. The molecule has 1 heterocycles. The molecule has 1 unspecified atom stereocenters. The minimum Gasteiger partial charge on any atom is -0.350 e. The van der Waals surface area contributed by atoms with Crippen molar-refractivity contribution >= 4 is 11.6 Å². The van der Waals surface area contributed by atoms with E-state index in [4.69, 9.17) is 0 Å². The molecular formula is C18H14F4N2O3. The molecule has 0 bridgehead atoms. The summed E-state index contributed by atoms with van der Waals surface area (Å²) in [6.45, 7) is 0.0989. The van der Waals surface area contributed by atoms with Crippen LogP contribution >= 0.6 is 0 Å². The number of aliphatic hydroxyl groups is 1. The summed E-state index contributed by atoms with van der Waals surface area (Å²) in [4.78, 5) is 16.2. The van der Waals surface area contributed by atoms with Gasteiger partial charge in [0.25, 0.3) is 5.91 Å². The predicted octanol–water partition coefficient (Wildman–Crippen LogP) is 3.13. The summed E-state index contributed by atoms with van der Waals surface area (Å²) in [5.74, 6) is -4.22. The minimum atomic E-state index is -4.97. The molecule has 0 fully saturated rings. The van der Waals surface area contributed by atoms with Gasteiger partial charge in [-0.05, 0) is 41.5 Å². The fraction of sp³-hybridized carbons (Fsp3) is 0.222. The number of carbonyl (C=O) groups is 1. The van der Waals surface area contributed by atoms with Crippen LogP contribution in [0, 0.1) is 5.82 Å². The Kier molecular flexibility index (Phi) is 4.88. The molecule has 1 aliphatic heterocycles. The summed E-state index contributed by atoms with van der Waals surface area (Å²) >= 11 is 0. The largest absolute Gasteiger partial charge is 0.458 e. The van der Waals surface area contributed by atoms with Gasteiger partial charge in [-0.25, -0.2) is 4.39 Å². The summed E-state index contributed by atoms with van der Waals surface area (Å²) in [5, 5.41) is 15.5. The molecule has 0 radical (unpaired) electrons. The van der Waals surface area contributed by atoms with E-state index >= 15 is 0 Å². The Morgan fingerprint density at radius 3 is 2.56 bits per heavy atom. The van der Waals surface area contributed by atoms with Crippen LogP contribution in [0.4, 0.5) is 17.6 Å². The maximum Gasteiger partial charge on any atom is 0.458 e. The van der Waals surface area contributed by atoms with E-state index in [1.807, 2.05) is 0 Å². The minimum absolute atomic E-state index is 0.0541. The van der Waals surface area contributed by atoms with Crippen LogP contribution in [0.2, 0.25) is 0 Å². The molecule has 2 aromatic rings. The lowest BCUT2D eigenvalue weighted by molar-refractivity contribution is -0.355. The lowest BCUT2D eigenvalue weighted by Gasteiger charge is -2.22. The summed E-state index contributed by atoms with van der Waals surface area (Å²) in [6, 6.07) is 11.3. The first kappa shape index (κ1) is 18.8. The standard InChI is InChI=1S/C18H14F4N2O3/c19-14-6-4-12(5-7-14)16(25)23-10-11-2-1-3-13(8-11)15-9-17(26,27-24-15)18(20,21)22/h1-8,26H,9-10H2,(H,23,25). The van der Waals surface area contributed by atoms with Gasteiger partial charge in [-0.2, -0.15) is 13.2 Å². The van der Waals surface area contributed by atoms with Crippen molar-refractivity contribution in [2.75, 3.05) is 0 Å². The number of alkyl halides is 3. The number of amides is 1. The van der Waals surface area contributed by atoms with Crippen molar-refractivity contribution < 1.29 is 32.3 Å². The number of rotatable bonds is 4. The van der Waals surface area contributed by atoms with Gasteiger partial charge in [0, 0.05) is 12.1 Å². The van der Waals surface area contributed by atoms with E-state index in [2.05, 4.69) is 15.3 Å². The zero-order valence-electron chi connectivity index (χ0n) is 13.8. The second-order valence-electron chi connectivity index (χ2n) is 5.98. The average Bonchev–Trinajstić information content (AvgIpc) is 3.04. The third kappa shape index (κ3) is 4.08. The van der Waals surface area contributed by atoms with E-state index in [9.17, 15) is 27.5 Å². The van der Waals surface area contributed by atoms with Gasteiger partial charge >= 0.3 is 12.0 Å². The Labute approximate surface area is 151 Å². The fourth-order valence-corrected chi connectivity index (χ4v) is 2.48. The lowest BCUT2D eigenvalue weighted by Crippen LogP contribution is -2.45. The smallest absolute Gasteiger partial charge is 0.350 e. The molecule has 1 atom stereocenters. The molecule has 27 heavy (non-hydrogen) atoms. The van der Waals surface area contributed by atoms with Crippen LogP contribution < -0.4 is 5.32 Å². The van der Waals surface area contributed by atoms with Gasteiger partial charge in [-0.1, -0.05) is 23.4 Å². The maximum absolute atomic E-state index is 12.9. The zero-order chi connectivity index (χ0) is 19.7. The molecule has 142 valence electrons. The van der Waals surface area contributed by atoms with Gasteiger partial charge in [0.15, 0.2) is 0 Å². The molecule has 0 aliphatic carbocycles. The van der Waals surface area contributed by atoms with Crippen molar-refractivity contribution in [3.05, 3.63) is 71.0 Å².